The summed E-state index contributed by atoms with van der Waals surface area (Å²) in [4.78, 5) is 25.6. The number of amides is 1. The first-order valence-electron chi connectivity index (χ1n) is 12.0. The number of hydrogen-bond donors (Lipinski definition) is 3. The third-order valence-corrected chi connectivity index (χ3v) is 8.12. The number of nitrogens with one attached hydrogen (secondary N) is 2. The fourth-order valence-corrected chi connectivity index (χ4v) is 6.15. The van der Waals surface area contributed by atoms with Gasteiger partial charge in [-0.05, 0) is 57.0 Å². The van der Waals surface area contributed by atoms with Gasteiger partial charge in [0, 0.05) is 25.6 Å². The summed E-state index contributed by atoms with van der Waals surface area (Å²) in [6.45, 7) is 5.54. The third kappa shape index (κ3) is 10.3. The Balaban J connectivity index is 1.73. The van der Waals surface area contributed by atoms with Crippen LogP contribution in [0.2, 0.25) is 0 Å². The molecule has 2 aliphatic rings. The number of sulfonamides is 1. The van der Waals surface area contributed by atoms with Gasteiger partial charge in [0.15, 0.2) is 0 Å². The van der Waals surface area contributed by atoms with Gasteiger partial charge >= 0.3 is 5.97 Å². The molecule has 9 heteroatoms. The van der Waals surface area contributed by atoms with Crippen LogP contribution in [-0.4, -0.2) is 68.3 Å². The van der Waals surface area contributed by atoms with E-state index in [0.717, 1.165) is 38.3 Å². The molecule has 31 heavy (non-hydrogen) atoms. The van der Waals surface area contributed by atoms with Gasteiger partial charge in [-0.15, -0.1) is 0 Å². The first kappa shape index (κ1) is 26.1. The molecular formula is C22H41N3O5S. The predicted molar refractivity (Wildman–Crippen MR) is 121 cm³/mol. The minimum Gasteiger partial charge on any atom is -0.481 e. The van der Waals surface area contributed by atoms with Crippen LogP contribution in [0.1, 0.15) is 77.6 Å². The van der Waals surface area contributed by atoms with Crippen molar-refractivity contribution in [3.63, 3.8) is 0 Å². The van der Waals surface area contributed by atoms with Crippen molar-refractivity contribution in [2.75, 3.05) is 31.9 Å². The van der Waals surface area contributed by atoms with E-state index in [2.05, 4.69) is 10.0 Å². The molecule has 0 radical (unpaired) electrons. The monoisotopic (exact) mass is 459 g/mol. The molecule has 1 atom stereocenters. The molecule has 3 N–H and O–H groups in total. The maximum Gasteiger partial charge on any atom is 0.304 e. The molecule has 0 aromatic carbocycles. The normalized spacial score (nSPS) is 20.0. The second-order valence-corrected chi connectivity index (χ2v) is 11.1. The Hall–Kier alpha value is -1.19. The molecule has 2 rings (SSSR count). The molecule has 2 aliphatic heterocycles. The third-order valence-electron chi connectivity index (χ3n) is 6.61. The van der Waals surface area contributed by atoms with Crippen molar-refractivity contribution in [3.05, 3.63) is 0 Å². The Kier molecular flexibility index (Phi) is 11.2. The van der Waals surface area contributed by atoms with Crippen molar-refractivity contribution < 1.29 is 23.1 Å². The van der Waals surface area contributed by atoms with Crippen LogP contribution in [0, 0.1) is 11.8 Å². The van der Waals surface area contributed by atoms with Crippen molar-refractivity contribution in [2.24, 2.45) is 11.8 Å². The van der Waals surface area contributed by atoms with E-state index in [9.17, 15) is 18.0 Å². The highest BCUT2D eigenvalue weighted by Gasteiger charge is 2.28. The minimum absolute atomic E-state index is 0.0451. The van der Waals surface area contributed by atoms with Crippen molar-refractivity contribution in [1.82, 2.24) is 14.9 Å². The molecule has 0 saturated carbocycles. The summed E-state index contributed by atoms with van der Waals surface area (Å²) in [5, 5.41) is 12.5. The van der Waals surface area contributed by atoms with Crippen molar-refractivity contribution in [1.29, 1.82) is 0 Å². The van der Waals surface area contributed by atoms with E-state index in [4.69, 9.17) is 5.11 Å². The van der Waals surface area contributed by atoms with E-state index in [0.29, 0.717) is 25.4 Å². The number of nitrogens with zero attached hydrogens (tertiary/aromatic N) is 1. The maximum absolute atomic E-state index is 12.7. The Morgan fingerprint density at radius 2 is 1.65 bits per heavy atom. The summed E-state index contributed by atoms with van der Waals surface area (Å²) in [5.41, 5.74) is 0. The Labute approximate surface area is 187 Å². The van der Waals surface area contributed by atoms with Crippen molar-refractivity contribution in [3.8, 4) is 0 Å². The highest BCUT2D eigenvalue weighted by Crippen LogP contribution is 2.26. The van der Waals surface area contributed by atoms with Crippen molar-refractivity contribution >= 4 is 21.9 Å². The number of aliphatic carboxylic acids is 1. The zero-order valence-electron chi connectivity index (χ0n) is 19.0. The lowest BCUT2D eigenvalue weighted by molar-refractivity contribution is -0.138. The van der Waals surface area contributed by atoms with E-state index in [1.807, 2.05) is 6.92 Å². The zero-order valence-corrected chi connectivity index (χ0v) is 19.8. The largest absolute Gasteiger partial charge is 0.481 e. The van der Waals surface area contributed by atoms with E-state index < -0.39 is 22.0 Å². The van der Waals surface area contributed by atoms with Gasteiger partial charge < -0.3 is 15.3 Å². The predicted octanol–water partition coefficient (Wildman–Crippen LogP) is 2.35. The van der Waals surface area contributed by atoms with Gasteiger partial charge in [0.25, 0.3) is 0 Å². The molecule has 1 amide bonds. The zero-order chi connectivity index (χ0) is 22.7. The summed E-state index contributed by atoms with van der Waals surface area (Å²) in [6, 6.07) is -0.894. The number of piperidine rings is 2. The standard InChI is InChI=1S/C22H41N3O5S/c1-2-3-15-31(29,30)24-20(17-22(27)28)16-21(26)25-13-9-19(10-14-25)6-4-5-18-7-11-23-12-8-18/h18-20,23-24H,2-17H2,1H3,(H,27,28). The molecular weight excluding hydrogens is 418 g/mol. The van der Waals surface area contributed by atoms with Crippen LogP contribution < -0.4 is 10.0 Å². The molecule has 1 unspecified atom stereocenters. The smallest absolute Gasteiger partial charge is 0.304 e. The number of carboxylic acid groups (broad SMARTS) is 1. The van der Waals surface area contributed by atoms with Gasteiger partial charge in [-0.2, -0.15) is 0 Å². The second kappa shape index (κ2) is 13.4. The van der Waals surface area contributed by atoms with Gasteiger partial charge in [0.2, 0.25) is 15.9 Å². The first-order valence-corrected chi connectivity index (χ1v) is 13.6. The number of rotatable bonds is 13. The summed E-state index contributed by atoms with van der Waals surface area (Å²) in [7, 11) is -3.58. The average molecular weight is 460 g/mol. The maximum atomic E-state index is 12.7. The summed E-state index contributed by atoms with van der Waals surface area (Å²) < 4.78 is 26.8. The molecule has 2 heterocycles. The fraction of sp³-hybridized carbons (Fsp3) is 0.909. The van der Waals surface area contributed by atoms with Gasteiger partial charge in [-0.3, -0.25) is 9.59 Å². The Morgan fingerprint density at radius 3 is 2.23 bits per heavy atom. The lowest BCUT2D eigenvalue weighted by Crippen LogP contribution is -2.44. The molecule has 2 fully saturated rings. The highest BCUT2D eigenvalue weighted by molar-refractivity contribution is 7.89. The van der Waals surface area contributed by atoms with Gasteiger partial charge in [0.05, 0.1) is 12.2 Å². The van der Waals surface area contributed by atoms with Gasteiger partial charge in [-0.25, -0.2) is 13.1 Å². The molecule has 0 aliphatic carbocycles. The second-order valence-electron chi connectivity index (χ2n) is 9.24. The van der Waals surface area contributed by atoms with E-state index in [-0.39, 0.29) is 24.5 Å². The lowest BCUT2D eigenvalue weighted by atomic mass is 9.87. The van der Waals surface area contributed by atoms with Crippen LogP contribution in [0.3, 0.4) is 0 Å². The number of carboxylic acids is 1. The molecule has 0 aromatic heterocycles. The lowest BCUT2D eigenvalue weighted by Gasteiger charge is -2.33. The quantitative estimate of drug-likeness (QED) is 0.389. The SMILES string of the molecule is CCCCS(=O)(=O)NC(CC(=O)O)CC(=O)N1CCC(CCCC2CCNCC2)CC1. The van der Waals surface area contributed by atoms with Crippen LogP contribution in [0.5, 0.6) is 0 Å². The molecule has 0 spiro atoms. The molecule has 8 nitrogen and oxygen atoms in total. The summed E-state index contributed by atoms with van der Waals surface area (Å²) in [6.07, 6.45) is 9.05. The molecule has 2 saturated heterocycles. The van der Waals surface area contributed by atoms with Crippen LogP contribution in [0.4, 0.5) is 0 Å². The number of likely N-dealkylation sites (tertiary alicyclic amines) is 1. The van der Waals surface area contributed by atoms with Crippen molar-refractivity contribution in [2.45, 2.75) is 83.6 Å². The Bertz CT molecular complexity index is 656. The van der Waals surface area contributed by atoms with Crippen LogP contribution >= 0.6 is 0 Å². The number of carbonyl (C=O) groups excluding carboxylic acids is 1. The van der Waals surface area contributed by atoms with E-state index in [1.54, 1.807) is 4.90 Å². The highest BCUT2D eigenvalue weighted by atomic mass is 32.2. The van der Waals surface area contributed by atoms with Crippen LogP contribution in [0.25, 0.3) is 0 Å². The number of hydrogen-bond acceptors (Lipinski definition) is 5. The molecule has 0 aromatic rings. The molecule has 180 valence electrons. The van der Waals surface area contributed by atoms with Gasteiger partial charge in [0.1, 0.15) is 0 Å². The fourth-order valence-electron chi connectivity index (χ4n) is 4.69. The average Bonchev–Trinajstić information content (AvgIpc) is 2.72. The van der Waals surface area contributed by atoms with E-state index in [1.165, 1.54) is 32.1 Å². The number of carbonyl (C=O) groups is 2. The summed E-state index contributed by atoms with van der Waals surface area (Å²) >= 11 is 0. The van der Waals surface area contributed by atoms with Gasteiger partial charge in [-0.1, -0.05) is 32.6 Å². The van der Waals surface area contributed by atoms with E-state index >= 15 is 0 Å². The topological polar surface area (TPSA) is 116 Å². The van der Waals surface area contributed by atoms with Crippen LogP contribution in [0.15, 0.2) is 0 Å². The Morgan fingerprint density at radius 1 is 1.03 bits per heavy atom. The first-order chi connectivity index (χ1) is 14.8. The summed E-state index contributed by atoms with van der Waals surface area (Å²) in [5.74, 6) is 0.195. The van der Waals surface area contributed by atoms with Crippen LogP contribution in [-0.2, 0) is 19.6 Å². The molecule has 0 bridgehead atoms. The number of unbranched alkanes of at least 4 members (excludes halogenated alkanes) is 1. The minimum atomic E-state index is -3.58.